The van der Waals surface area contributed by atoms with Gasteiger partial charge in [0.05, 0.1) is 14.2 Å². The second kappa shape index (κ2) is 6.14. The third-order valence-electron chi connectivity index (χ3n) is 2.79. The van der Waals surface area contributed by atoms with Gasteiger partial charge in [0.2, 0.25) is 5.75 Å². The van der Waals surface area contributed by atoms with Crippen LogP contribution in [-0.4, -0.2) is 30.4 Å². The second-order valence-corrected chi connectivity index (χ2v) is 4.00. The first kappa shape index (κ1) is 14.2. The van der Waals surface area contributed by atoms with Gasteiger partial charge in [0.1, 0.15) is 0 Å². The minimum absolute atomic E-state index is 0.0275. The smallest absolute Gasteiger partial charge is 0.303 e. The fraction of sp³-hybridized carbons (Fsp3) is 0.462. The van der Waals surface area contributed by atoms with E-state index in [2.05, 4.69) is 0 Å². The van der Waals surface area contributed by atoms with E-state index in [0.717, 1.165) is 5.56 Å². The Hall–Kier alpha value is -1.91. The summed E-state index contributed by atoms with van der Waals surface area (Å²) in [4.78, 5) is 10.5. The molecule has 2 N–H and O–H groups in total. The van der Waals surface area contributed by atoms with Crippen molar-refractivity contribution in [1.29, 1.82) is 0 Å². The zero-order valence-corrected chi connectivity index (χ0v) is 10.8. The van der Waals surface area contributed by atoms with Gasteiger partial charge in [-0.3, -0.25) is 4.79 Å². The molecule has 5 heteroatoms. The lowest BCUT2D eigenvalue weighted by Crippen LogP contribution is -2.00. The van der Waals surface area contributed by atoms with E-state index in [0.29, 0.717) is 24.2 Å². The highest BCUT2D eigenvalue weighted by Gasteiger charge is 2.17. The maximum atomic E-state index is 10.5. The standard InChI is InChI=1S/C13H18O5/c1-8-7-10(17-2)13(18-3)12(16)9(8)5-4-6-11(14)15/h7,16H,4-6H2,1-3H3,(H,14,15). The molecule has 0 aliphatic carbocycles. The molecule has 0 unspecified atom stereocenters. The summed E-state index contributed by atoms with van der Waals surface area (Å²) in [6.45, 7) is 1.85. The molecule has 1 rings (SSSR count). The minimum atomic E-state index is -0.840. The van der Waals surface area contributed by atoms with E-state index >= 15 is 0 Å². The quantitative estimate of drug-likeness (QED) is 0.813. The summed E-state index contributed by atoms with van der Waals surface area (Å²) in [5.74, 6) is -0.0599. The predicted molar refractivity (Wildman–Crippen MR) is 66.5 cm³/mol. The normalized spacial score (nSPS) is 10.2. The Morgan fingerprint density at radius 1 is 1.33 bits per heavy atom. The van der Waals surface area contributed by atoms with Gasteiger partial charge < -0.3 is 19.7 Å². The average molecular weight is 254 g/mol. The third-order valence-corrected chi connectivity index (χ3v) is 2.79. The zero-order chi connectivity index (χ0) is 13.7. The van der Waals surface area contributed by atoms with Crippen LogP contribution in [0.5, 0.6) is 17.2 Å². The van der Waals surface area contributed by atoms with Gasteiger partial charge in [-0.2, -0.15) is 0 Å². The maximum absolute atomic E-state index is 10.5. The molecule has 1 aromatic rings. The summed E-state index contributed by atoms with van der Waals surface area (Å²) in [6, 6.07) is 1.77. The van der Waals surface area contributed by atoms with Crippen molar-refractivity contribution >= 4 is 5.97 Å². The van der Waals surface area contributed by atoms with Crippen molar-refractivity contribution in [3.05, 3.63) is 17.2 Å². The molecule has 0 amide bonds. The second-order valence-electron chi connectivity index (χ2n) is 4.00. The Kier molecular flexibility index (Phi) is 4.83. The lowest BCUT2D eigenvalue weighted by molar-refractivity contribution is -0.137. The lowest BCUT2D eigenvalue weighted by Gasteiger charge is -2.15. The number of benzene rings is 1. The minimum Gasteiger partial charge on any atom is -0.504 e. The van der Waals surface area contributed by atoms with Crippen LogP contribution < -0.4 is 9.47 Å². The Balaban J connectivity index is 3.00. The predicted octanol–water partition coefficient (Wildman–Crippen LogP) is 2.13. The van der Waals surface area contributed by atoms with Crippen molar-refractivity contribution in [3.8, 4) is 17.2 Å². The van der Waals surface area contributed by atoms with Crippen LogP contribution in [0, 0.1) is 6.92 Å². The van der Waals surface area contributed by atoms with Crippen LogP contribution in [-0.2, 0) is 11.2 Å². The monoisotopic (exact) mass is 254 g/mol. The lowest BCUT2D eigenvalue weighted by atomic mass is 10.0. The Labute approximate surface area is 106 Å². The van der Waals surface area contributed by atoms with Crippen molar-refractivity contribution in [3.63, 3.8) is 0 Å². The Morgan fingerprint density at radius 3 is 2.50 bits per heavy atom. The van der Waals surface area contributed by atoms with Gasteiger partial charge in [-0.05, 0) is 31.4 Å². The molecule has 5 nitrogen and oxygen atoms in total. The molecule has 0 heterocycles. The number of ether oxygens (including phenoxy) is 2. The number of phenolic OH excluding ortho intramolecular Hbond substituents is 1. The van der Waals surface area contributed by atoms with Crippen LogP contribution in [0.3, 0.4) is 0 Å². The molecule has 0 spiro atoms. The van der Waals surface area contributed by atoms with Crippen molar-refractivity contribution in [2.45, 2.75) is 26.2 Å². The molecule has 0 aromatic heterocycles. The van der Waals surface area contributed by atoms with Crippen LogP contribution in [0.1, 0.15) is 24.0 Å². The average Bonchev–Trinajstić information content (AvgIpc) is 2.32. The number of hydrogen-bond acceptors (Lipinski definition) is 4. The fourth-order valence-electron chi connectivity index (χ4n) is 1.87. The number of hydrogen-bond donors (Lipinski definition) is 2. The largest absolute Gasteiger partial charge is 0.504 e. The van der Waals surface area contributed by atoms with Crippen molar-refractivity contribution in [1.82, 2.24) is 0 Å². The van der Waals surface area contributed by atoms with E-state index in [4.69, 9.17) is 14.6 Å². The Morgan fingerprint density at radius 2 is 2.00 bits per heavy atom. The summed E-state index contributed by atoms with van der Waals surface area (Å²) in [5, 5.41) is 18.7. The molecule has 0 aliphatic heterocycles. The first-order valence-electron chi connectivity index (χ1n) is 5.66. The molecule has 0 atom stereocenters. The number of carboxylic acids is 1. The topological polar surface area (TPSA) is 76.0 Å². The summed E-state index contributed by atoms with van der Waals surface area (Å²) >= 11 is 0. The van der Waals surface area contributed by atoms with Gasteiger partial charge >= 0.3 is 5.97 Å². The van der Waals surface area contributed by atoms with Gasteiger partial charge in [-0.15, -0.1) is 0 Å². The third kappa shape index (κ3) is 3.06. The van der Waals surface area contributed by atoms with E-state index < -0.39 is 5.97 Å². The summed E-state index contributed by atoms with van der Waals surface area (Å²) < 4.78 is 10.2. The Bertz CT molecular complexity index is 439. The molecular formula is C13H18O5. The van der Waals surface area contributed by atoms with Gasteiger partial charge in [0, 0.05) is 12.0 Å². The molecular weight excluding hydrogens is 236 g/mol. The van der Waals surface area contributed by atoms with Crippen LogP contribution in [0.4, 0.5) is 0 Å². The first-order valence-corrected chi connectivity index (χ1v) is 5.66. The number of methoxy groups -OCH3 is 2. The van der Waals surface area contributed by atoms with Crippen LogP contribution >= 0.6 is 0 Å². The summed E-state index contributed by atoms with van der Waals surface area (Å²) in [7, 11) is 2.95. The summed E-state index contributed by atoms with van der Waals surface area (Å²) in [5.41, 5.74) is 1.56. The number of phenols is 1. The van der Waals surface area contributed by atoms with E-state index in [9.17, 15) is 9.90 Å². The van der Waals surface area contributed by atoms with E-state index in [1.165, 1.54) is 14.2 Å². The maximum Gasteiger partial charge on any atom is 0.303 e. The SMILES string of the molecule is COc1cc(C)c(CCCC(=O)O)c(O)c1OC. The number of rotatable bonds is 6. The van der Waals surface area contributed by atoms with Gasteiger partial charge in [-0.1, -0.05) is 0 Å². The highest BCUT2D eigenvalue weighted by molar-refractivity contribution is 5.66. The first-order chi connectivity index (χ1) is 8.51. The van der Waals surface area contributed by atoms with Crippen LogP contribution in [0.25, 0.3) is 0 Å². The molecule has 0 saturated carbocycles. The van der Waals surface area contributed by atoms with Crippen molar-refractivity contribution in [2.24, 2.45) is 0 Å². The zero-order valence-electron chi connectivity index (χ0n) is 10.8. The number of aliphatic carboxylic acids is 1. The van der Waals surface area contributed by atoms with Crippen molar-refractivity contribution in [2.75, 3.05) is 14.2 Å². The van der Waals surface area contributed by atoms with Crippen molar-refractivity contribution < 1.29 is 24.5 Å². The van der Waals surface area contributed by atoms with E-state index in [1.807, 2.05) is 6.92 Å². The van der Waals surface area contributed by atoms with E-state index in [-0.39, 0.29) is 17.9 Å². The summed E-state index contributed by atoms with van der Waals surface area (Å²) in [6.07, 6.45) is 1.04. The molecule has 0 fully saturated rings. The molecule has 18 heavy (non-hydrogen) atoms. The van der Waals surface area contributed by atoms with Crippen LogP contribution in [0.2, 0.25) is 0 Å². The van der Waals surface area contributed by atoms with E-state index in [1.54, 1.807) is 6.07 Å². The number of carbonyl (C=O) groups is 1. The molecule has 100 valence electrons. The number of aromatic hydroxyl groups is 1. The van der Waals surface area contributed by atoms with Gasteiger partial charge in [0.25, 0.3) is 0 Å². The fourth-order valence-corrected chi connectivity index (χ4v) is 1.87. The van der Waals surface area contributed by atoms with Crippen LogP contribution in [0.15, 0.2) is 6.07 Å². The molecule has 1 aromatic carbocycles. The highest BCUT2D eigenvalue weighted by Crippen LogP contribution is 2.41. The molecule has 0 bridgehead atoms. The highest BCUT2D eigenvalue weighted by atomic mass is 16.5. The number of aryl methyl sites for hydroxylation is 1. The molecule has 0 aliphatic rings. The van der Waals surface area contributed by atoms with Gasteiger partial charge in [-0.25, -0.2) is 0 Å². The number of carboxylic acid groups (broad SMARTS) is 1. The molecule has 0 saturated heterocycles. The van der Waals surface area contributed by atoms with Gasteiger partial charge in [0.15, 0.2) is 11.5 Å². The molecule has 0 radical (unpaired) electrons.